The van der Waals surface area contributed by atoms with Gasteiger partial charge in [0.2, 0.25) is 0 Å². The number of benzene rings is 1. The van der Waals surface area contributed by atoms with Crippen molar-refractivity contribution in [3.63, 3.8) is 0 Å². The lowest BCUT2D eigenvalue weighted by molar-refractivity contribution is 0.712. The Morgan fingerprint density at radius 2 is 1.86 bits per heavy atom. The average molecular weight is 249 g/mol. The second-order valence-electron chi connectivity index (χ2n) is 3.73. The molecular weight excluding hydrogens is 236 g/mol. The van der Waals surface area contributed by atoms with E-state index >= 15 is 0 Å². The molecule has 1 aromatic rings. The molecule has 0 spiro atoms. The largest absolute Gasteiger partial charge is 0.0944 e. The minimum Gasteiger partial charge on any atom is -0.0944 e. The molecule has 1 heteroatoms. The van der Waals surface area contributed by atoms with Crippen molar-refractivity contribution in [1.82, 2.24) is 0 Å². The summed E-state index contributed by atoms with van der Waals surface area (Å²) in [5.74, 6) is 7.26. The van der Waals surface area contributed by atoms with E-state index in [1.807, 2.05) is 18.2 Å². The minimum absolute atomic E-state index is 0.641. The van der Waals surface area contributed by atoms with Crippen LogP contribution >= 0.6 is 15.9 Å². The second-order valence-corrected chi connectivity index (χ2v) is 4.58. The van der Waals surface area contributed by atoms with Gasteiger partial charge in [0.1, 0.15) is 0 Å². The van der Waals surface area contributed by atoms with Gasteiger partial charge in [0.15, 0.2) is 0 Å². The predicted octanol–water partition coefficient (Wildman–Crippen LogP) is 3.99. The van der Waals surface area contributed by atoms with Crippen LogP contribution in [0.15, 0.2) is 28.7 Å². The molecule has 0 heterocycles. The van der Waals surface area contributed by atoms with Crippen LogP contribution in [0.25, 0.3) is 0 Å². The van der Waals surface area contributed by atoms with Gasteiger partial charge in [-0.1, -0.05) is 36.8 Å². The molecule has 0 atom stereocenters. The lowest BCUT2D eigenvalue weighted by atomic mass is 10.1. The first-order chi connectivity index (χ1) is 6.86. The van der Waals surface area contributed by atoms with Gasteiger partial charge >= 0.3 is 0 Å². The molecule has 1 aromatic carbocycles. The van der Waals surface area contributed by atoms with Crippen LogP contribution in [0.3, 0.4) is 0 Å². The molecule has 1 aliphatic rings. The monoisotopic (exact) mass is 248 g/mol. The Bertz CT molecular complexity index is 364. The van der Waals surface area contributed by atoms with Crippen LogP contribution in [0.1, 0.15) is 31.2 Å². The molecule has 1 saturated carbocycles. The number of rotatable bonds is 0. The van der Waals surface area contributed by atoms with Gasteiger partial charge in [-0.25, -0.2) is 0 Å². The summed E-state index contributed by atoms with van der Waals surface area (Å²) in [5.41, 5.74) is 1.11. The van der Waals surface area contributed by atoms with Crippen LogP contribution < -0.4 is 0 Å². The van der Waals surface area contributed by atoms with E-state index in [1.54, 1.807) is 0 Å². The topological polar surface area (TPSA) is 0 Å². The maximum atomic E-state index is 3.50. The summed E-state index contributed by atoms with van der Waals surface area (Å²) in [6.45, 7) is 0. The first-order valence-corrected chi connectivity index (χ1v) is 5.91. The fraction of sp³-hybridized carbons (Fsp3) is 0.385. The van der Waals surface area contributed by atoms with Crippen LogP contribution in [0.5, 0.6) is 0 Å². The lowest BCUT2D eigenvalue weighted by Crippen LogP contribution is -1.86. The predicted molar refractivity (Wildman–Crippen MR) is 63.0 cm³/mol. The molecule has 0 aromatic heterocycles. The summed E-state index contributed by atoms with van der Waals surface area (Å²) in [7, 11) is 0. The Balaban J connectivity index is 2.12. The van der Waals surface area contributed by atoms with Gasteiger partial charge in [-0.2, -0.15) is 0 Å². The van der Waals surface area contributed by atoms with Crippen molar-refractivity contribution in [3.8, 4) is 11.8 Å². The van der Waals surface area contributed by atoms with Crippen LogP contribution in [0.2, 0.25) is 0 Å². The van der Waals surface area contributed by atoms with E-state index < -0.39 is 0 Å². The summed E-state index contributed by atoms with van der Waals surface area (Å²) in [6.07, 6.45) is 5.29. The molecule has 72 valence electrons. The highest BCUT2D eigenvalue weighted by atomic mass is 79.9. The van der Waals surface area contributed by atoms with Gasteiger partial charge in [-0.15, -0.1) is 0 Å². The molecule has 0 aliphatic heterocycles. The van der Waals surface area contributed by atoms with Crippen molar-refractivity contribution in [1.29, 1.82) is 0 Å². The molecule has 0 radical (unpaired) electrons. The lowest BCUT2D eigenvalue weighted by Gasteiger charge is -1.97. The van der Waals surface area contributed by atoms with E-state index in [2.05, 4.69) is 33.8 Å². The highest BCUT2D eigenvalue weighted by molar-refractivity contribution is 9.10. The van der Waals surface area contributed by atoms with Gasteiger partial charge in [-0.3, -0.25) is 0 Å². The summed E-state index contributed by atoms with van der Waals surface area (Å²) in [6, 6.07) is 8.15. The van der Waals surface area contributed by atoms with Crippen LogP contribution in [-0.2, 0) is 0 Å². The van der Waals surface area contributed by atoms with E-state index in [4.69, 9.17) is 0 Å². The molecule has 0 saturated heterocycles. The maximum Gasteiger partial charge on any atom is 0.0387 e. The maximum absolute atomic E-state index is 3.50. The fourth-order valence-corrected chi connectivity index (χ4v) is 2.20. The highest BCUT2D eigenvalue weighted by Crippen LogP contribution is 2.24. The van der Waals surface area contributed by atoms with E-state index in [-0.39, 0.29) is 0 Å². The first-order valence-electron chi connectivity index (χ1n) is 5.12. The van der Waals surface area contributed by atoms with Gasteiger partial charge in [0.05, 0.1) is 0 Å². The minimum atomic E-state index is 0.641. The summed E-state index contributed by atoms with van der Waals surface area (Å²) in [4.78, 5) is 0. The summed E-state index contributed by atoms with van der Waals surface area (Å²) in [5, 5.41) is 0. The van der Waals surface area contributed by atoms with Crippen molar-refractivity contribution in [3.05, 3.63) is 34.3 Å². The smallest absolute Gasteiger partial charge is 0.0387 e. The van der Waals surface area contributed by atoms with Gasteiger partial charge < -0.3 is 0 Å². The third-order valence-corrected chi connectivity index (χ3v) is 3.33. The average Bonchev–Trinajstić information content (AvgIpc) is 2.69. The standard InChI is InChI=1S/C13H13Br/c14-13-8-4-3-7-12(13)10-9-11-5-1-2-6-11/h3-4,7-8,11H,1-2,5-6H2. The Labute approximate surface area is 93.8 Å². The molecule has 0 amide bonds. The van der Waals surface area contributed by atoms with Gasteiger partial charge in [-0.05, 0) is 40.9 Å². The third-order valence-electron chi connectivity index (χ3n) is 2.64. The summed E-state index contributed by atoms with van der Waals surface area (Å²) < 4.78 is 1.10. The summed E-state index contributed by atoms with van der Waals surface area (Å²) >= 11 is 3.50. The van der Waals surface area contributed by atoms with Crippen LogP contribution in [0, 0.1) is 17.8 Å². The van der Waals surface area contributed by atoms with Gasteiger partial charge in [0.25, 0.3) is 0 Å². The SMILES string of the molecule is Brc1ccccc1C#CC1CCCC1. The first kappa shape index (κ1) is 9.80. The van der Waals surface area contributed by atoms with E-state index in [0.717, 1.165) is 10.0 Å². The Morgan fingerprint density at radius 1 is 1.14 bits per heavy atom. The van der Waals surface area contributed by atoms with E-state index in [9.17, 15) is 0 Å². The zero-order chi connectivity index (χ0) is 9.80. The molecule has 0 nitrogen and oxygen atoms in total. The van der Waals surface area contributed by atoms with E-state index in [1.165, 1.54) is 25.7 Å². The normalized spacial score (nSPS) is 16.4. The molecule has 0 N–H and O–H groups in total. The van der Waals surface area contributed by atoms with Crippen molar-refractivity contribution >= 4 is 15.9 Å². The van der Waals surface area contributed by atoms with Crippen LogP contribution in [0.4, 0.5) is 0 Å². The zero-order valence-electron chi connectivity index (χ0n) is 8.09. The van der Waals surface area contributed by atoms with Crippen LogP contribution in [-0.4, -0.2) is 0 Å². The van der Waals surface area contributed by atoms with E-state index in [0.29, 0.717) is 5.92 Å². The molecule has 1 aliphatic carbocycles. The Kier molecular flexibility index (Phi) is 3.26. The number of hydrogen-bond donors (Lipinski definition) is 0. The molecule has 0 bridgehead atoms. The zero-order valence-corrected chi connectivity index (χ0v) is 9.68. The second kappa shape index (κ2) is 4.66. The number of hydrogen-bond acceptors (Lipinski definition) is 0. The fourth-order valence-electron chi connectivity index (χ4n) is 1.81. The Morgan fingerprint density at radius 3 is 2.57 bits per heavy atom. The van der Waals surface area contributed by atoms with Crippen molar-refractivity contribution in [2.75, 3.05) is 0 Å². The molecule has 1 fully saturated rings. The molecule has 2 rings (SSSR count). The van der Waals surface area contributed by atoms with Gasteiger partial charge in [0, 0.05) is 16.0 Å². The molecular formula is C13H13Br. The van der Waals surface area contributed by atoms with Crippen molar-refractivity contribution in [2.24, 2.45) is 5.92 Å². The highest BCUT2D eigenvalue weighted by Gasteiger charge is 2.11. The Hall–Kier alpha value is -0.740. The quantitative estimate of drug-likeness (QED) is 0.610. The van der Waals surface area contributed by atoms with Crippen molar-refractivity contribution in [2.45, 2.75) is 25.7 Å². The number of halogens is 1. The molecule has 0 unspecified atom stereocenters. The van der Waals surface area contributed by atoms with Crippen molar-refractivity contribution < 1.29 is 0 Å². The molecule has 14 heavy (non-hydrogen) atoms. The third kappa shape index (κ3) is 2.39.